The van der Waals surface area contributed by atoms with Crippen molar-refractivity contribution in [3.8, 4) is 5.75 Å². The summed E-state index contributed by atoms with van der Waals surface area (Å²) in [4.78, 5) is 20.8. The second-order valence-electron chi connectivity index (χ2n) is 6.95. The van der Waals surface area contributed by atoms with Gasteiger partial charge in [0.2, 0.25) is 0 Å². The lowest BCUT2D eigenvalue weighted by Crippen LogP contribution is -1.89. The van der Waals surface area contributed by atoms with Gasteiger partial charge in [0.15, 0.2) is 11.4 Å². The normalized spacial score (nSPS) is 11.4. The number of para-hydroxylation sites is 1. The minimum atomic E-state index is -0.575. The molecular weight excluding hydrogens is 442 g/mol. The molecule has 0 heterocycles. The van der Waals surface area contributed by atoms with Crippen LogP contribution in [-0.2, 0) is 0 Å². The first-order chi connectivity index (χ1) is 16.3. The van der Waals surface area contributed by atoms with Gasteiger partial charge in [-0.1, -0.05) is 24.3 Å². The predicted molar refractivity (Wildman–Crippen MR) is 125 cm³/mol. The van der Waals surface area contributed by atoms with E-state index in [-0.39, 0.29) is 45.3 Å². The van der Waals surface area contributed by atoms with Crippen molar-refractivity contribution in [1.82, 2.24) is 0 Å². The Morgan fingerprint density at radius 2 is 1.32 bits per heavy atom. The van der Waals surface area contributed by atoms with Crippen LogP contribution in [0.1, 0.15) is 0 Å². The molecule has 0 aliphatic heterocycles. The third kappa shape index (κ3) is 4.36. The van der Waals surface area contributed by atoms with Gasteiger partial charge in [-0.05, 0) is 35.7 Å². The van der Waals surface area contributed by atoms with Crippen LogP contribution < -0.4 is 5.73 Å². The molecule has 12 nitrogen and oxygen atoms in total. The molecule has 0 unspecified atom stereocenters. The fourth-order valence-corrected chi connectivity index (χ4v) is 3.14. The van der Waals surface area contributed by atoms with E-state index in [4.69, 9.17) is 5.73 Å². The summed E-state index contributed by atoms with van der Waals surface area (Å²) < 4.78 is 0. The number of nitro benzene ring substituents is 2. The van der Waals surface area contributed by atoms with Crippen molar-refractivity contribution in [2.45, 2.75) is 0 Å². The zero-order valence-corrected chi connectivity index (χ0v) is 17.3. The molecule has 34 heavy (non-hydrogen) atoms. The van der Waals surface area contributed by atoms with Crippen molar-refractivity contribution < 1.29 is 15.0 Å². The highest BCUT2D eigenvalue weighted by Crippen LogP contribution is 2.42. The molecule has 0 radical (unpaired) electrons. The summed E-state index contributed by atoms with van der Waals surface area (Å²) in [6.07, 6.45) is 0. The number of nitrogens with two attached hydrogens (primary N) is 1. The molecule has 0 spiro atoms. The van der Waals surface area contributed by atoms with Crippen molar-refractivity contribution in [1.29, 1.82) is 0 Å². The Morgan fingerprint density at radius 3 is 2.00 bits per heavy atom. The average Bonchev–Trinajstić information content (AvgIpc) is 2.83. The smallest absolute Gasteiger partial charge is 0.296 e. The molecule has 0 saturated heterocycles. The van der Waals surface area contributed by atoms with Crippen molar-refractivity contribution >= 4 is 50.6 Å². The van der Waals surface area contributed by atoms with E-state index in [1.54, 1.807) is 24.3 Å². The van der Waals surface area contributed by atoms with Crippen LogP contribution >= 0.6 is 0 Å². The quantitative estimate of drug-likeness (QED) is 0.139. The third-order valence-corrected chi connectivity index (χ3v) is 4.83. The fraction of sp³-hybridized carbons (Fsp3) is 0. The standard InChI is InChI=1S/C22H15N7O5/c23-21-17(26-24-14-7-9-15(10-8-14)28(31)32)11-5-13-6-12-18(22(30)20(13)21)27-25-16-3-1-2-4-19(16)29(33)34/h1-12,30H,23H2. The Bertz CT molecular complexity index is 1480. The number of nitro groups is 2. The zero-order valence-electron chi connectivity index (χ0n) is 17.3. The Balaban J connectivity index is 1.69. The number of hydrogen-bond donors (Lipinski definition) is 2. The van der Waals surface area contributed by atoms with E-state index in [1.165, 1.54) is 48.5 Å². The van der Waals surface area contributed by atoms with Gasteiger partial charge in [-0.3, -0.25) is 20.2 Å². The Labute approximate surface area is 191 Å². The van der Waals surface area contributed by atoms with Crippen LogP contribution in [0.15, 0.2) is 93.3 Å². The highest BCUT2D eigenvalue weighted by molar-refractivity contribution is 6.04. The van der Waals surface area contributed by atoms with E-state index in [9.17, 15) is 25.3 Å². The maximum Gasteiger partial charge on any atom is 0.296 e. The van der Waals surface area contributed by atoms with Crippen molar-refractivity contribution in [3.05, 3.63) is 93.0 Å². The number of nitrogen functional groups attached to an aromatic ring is 1. The minimum absolute atomic E-state index is 0.0330. The molecule has 0 bridgehead atoms. The Kier molecular flexibility index (Phi) is 5.86. The number of rotatable bonds is 6. The summed E-state index contributed by atoms with van der Waals surface area (Å²) in [5, 5.41) is 49.5. The molecule has 0 saturated carbocycles. The van der Waals surface area contributed by atoms with E-state index in [0.29, 0.717) is 11.1 Å². The van der Waals surface area contributed by atoms with Crippen molar-refractivity contribution in [2.24, 2.45) is 20.5 Å². The monoisotopic (exact) mass is 457 g/mol. The first-order valence-electron chi connectivity index (χ1n) is 9.70. The number of benzene rings is 4. The molecule has 4 rings (SSSR count). The van der Waals surface area contributed by atoms with Crippen LogP contribution in [0.2, 0.25) is 0 Å². The molecule has 0 fully saturated rings. The second-order valence-corrected chi connectivity index (χ2v) is 6.95. The lowest BCUT2D eigenvalue weighted by Gasteiger charge is -2.08. The molecule has 168 valence electrons. The summed E-state index contributed by atoms with van der Waals surface area (Å²) >= 11 is 0. The van der Waals surface area contributed by atoms with Crippen LogP contribution in [0.3, 0.4) is 0 Å². The maximum absolute atomic E-state index is 11.2. The van der Waals surface area contributed by atoms with Gasteiger partial charge < -0.3 is 10.8 Å². The minimum Gasteiger partial charge on any atom is -0.505 e. The third-order valence-electron chi connectivity index (χ3n) is 4.83. The SMILES string of the molecule is Nc1c(N=Nc2ccc([N+](=O)[O-])cc2)ccc2ccc(N=Nc3ccccc3[N+](=O)[O-])c(O)c12. The van der Waals surface area contributed by atoms with E-state index in [0.717, 1.165) is 0 Å². The van der Waals surface area contributed by atoms with Crippen molar-refractivity contribution in [2.75, 3.05) is 5.73 Å². The van der Waals surface area contributed by atoms with Crippen LogP contribution in [0.25, 0.3) is 10.8 Å². The summed E-state index contributed by atoms with van der Waals surface area (Å²) in [7, 11) is 0. The zero-order chi connectivity index (χ0) is 24.2. The summed E-state index contributed by atoms with van der Waals surface area (Å²) in [5.41, 5.74) is 6.78. The Morgan fingerprint density at radius 1 is 0.706 bits per heavy atom. The number of fused-ring (bicyclic) bond motifs is 1. The summed E-state index contributed by atoms with van der Waals surface area (Å²) in [6.45, 7) is 0. The number of aromatic hydroxyl groups is 1. The lowest BCUT2D eigenvalue weighted by molar-refractivity contribution is -0.384. The van der Waals surface area contributed by atoms with Gasteiger partial charge in [-0.25, -0.2) is 0 Å². The number of anilines is 1. The fourth-order valence-electron chi connectivity index (χ4n) is 3.14. The summed E-state index contributed by atoms with van der Waals surface area (Å²) in [5.74, 6) is -0.273. The predicted octanol–water partition coefficient (Wildman–Crippen LogP) is 6.77. The highest BCUT2D eigenvalue weighted by atomic mass is 16.6. The van der Waals surface area contributed by atoms with E-state index in [2.05, 4.69) is 20.5 Å². The van der Waals surface area contributed by atoms with Crippen LogP contribution in [0.5, 0.6) is 5.75 Å². The first-order valence-corrected chi connectivity index (χ1v) is 9.70. The molecule has 12 heteroatoms. The van der Waals surface area contributed by atoms with Gasteiger partial charge >= 0.3 is 0 Å². The van der Waals surface area contributed by atoms with Crippen LogP contribution in [0, 0.1) is 20.2 Å². The first kappa shape index (κ1) is 22.0. The van der Waals surface area contributed by atoms with Gasteiger partial charge in [0.1, 0.15) is 11.4 Å². The molecular formula is C22H15N7O5. The van der Waals surface area contributed by atoms with Gasteiger partial charge in [-0.15, -0.1) is 15.3 Å². The number of hydrogen-bond acceptors (Lipinski definition) is 10. The number of azo groups is 2. The topological polar surface area (TPSA) is 182 Å². The lowest BCUT2D eigenvalue weighted by atomic mass is 10.1. The highest BCUT2D eigenvalue weighted by Gasteiger charge is 2.14. The Hall–Kier alpha value is -5.26. The molecule has 0 atom stereocenters. The summed E-state index contributed by atoms with van der Waals surface area (Å²) in [6, 6.07) is 17.8. The average molecular weight is 457 g/mol. The van der Waals surface area contributed by atoms with Gasteiger partial charge in [0.05, 0.1) is 26.6 Å². The number of nitrogens with zero attached hydrogens (tertiary/aromatic N) is 6. The molecule has 4 aromatic carbocycles. The second kappa shape index (κ2) is 9.08. The molecule has 0 aliphatic carbocycles. The van der Waals surface area contributed by atoms with E-state index < -0.39 is 9.85 Å². The molecule has 0 aliphatic rings. The molecule has 0 amide bonds. The van der Waals surface area contributed by atoms with Gasteiger partial charge in [0.25, 0.3) is 11.4 Å². The van der Waals surface area contributed by atoms with Crippen LogP contribution in [-0.4, -0.2) is 15.0 Å². The van der Waals surface area contributed by atoms with Gasteiger partial charge in [0, 0.05) is 18.2 Å². The largest absolute Gasteiger partial charge is 0.505 e. The molecule has 4 aromatic rings. The number of phenols is 1. The van der Waals surface area contributed by atoms with Gasteiger partial charge in [-0.2, -0.15) is 5.11 Å². The van der Waals surface area contributed by atoms with Crippen molar-refractivity contribution in [3.63, 3.8) is 0 Å². The van der Waals surface area contributed by atoms with E-state index in [1.807, 2.05) is 0 Å². The number of non-ortho nitro benzene ring substituents is 1. The van der Waals surface area contributed by atoms with Crippen LogP contribution in [0.4, 0.5) is 39.8 Å². The number of phenolic OH excluding ortho intramolecular Hbond substituents is 1. The molecule has 0 aromatic heterocycles. The molecule has 3 N–H and O–H groups in total. The van der Waals surface area contributed by atoms with E-state index >= 15 is 0 Å². The maximum atomic E-state index is 11.2.